The highest BCUT2D eigenvalue weighted by molar-refractivity contribution is 5.86. The summed E-state index contributed by atoms with van der Waals surface area (Å²) in [5.74, 6) is 0. The van der Waals surface area contributed by atoms with Gasteiger partial charge in [-0.25, -0.2) is 0 Å². The van der Waals surface area contributed by atoms with Crippen LogP contribution in [0.1, 0.15) is 35.2 Å². The van der Waals surface area contributed by atoms with Crippen molar-refractivity contribution < 1.29 is 0 Å². The van der Waals surface area contributed by atoms with Crippen LogP contribution in [-0.2, 0) is 25.8 Å². The molecule has 0 saturated carbocycles. The van der Waals surface area contributed by atoms with Crippen molar-refractivity contribution in [3.63, 3.8) is 0 Å². The molecule has 0 amide bonds. The fourth-order valence-electron chi connectivity index (χ4n) is 3.89. The number of benzene rings is 2. The molecule has 1 aromatic heterocycles. The molecule has 1 heterocycles. The summed E-state index contributed by atoms with van der Waals surface area (Å²) in [6.07, 6.45) is 6.31. The first-order chi connectivity index (χ1) is 10.8. The first-order valence-electron chi connectivity index (χ1n) is 8.47. The Morgan fingerprint density at radius 3 is 2.57 bits per heavy atom. The Balaban J connectivity index is 0.00000156. The lowest BCUT2D eigenvalue weighted by Gasteiger charge is -2.16. The molecule has 0 radical (unpaired) electrons. The zero-order valence-electron chi connectivity index (χ0n) is 13.7. The van der Waals surface area contributed by atoms with Crippen LogP contribution in [-0.4, -0.2) is 4.57 Å². The van der Waals surface area contributed by atoms with Gasteiger partial charge in [-0.1, -0.05) is 42.0 Å². The third-order valence-corrected chi connectivity index (χ3v) is 5.00. The van der Waals surface area contributed by atoms with Crippen LogP contribution in [0.15, 0.2) is 48.5 Å². The third-order valence-electron chi connectivity index (χ3n) is 5.00. The van der Waals surface area contributed by atoms with E-state index >= 15 is 0 Å². The molecule has 0 bridgehead atoms. The number of nitrogens with zero attached hydrogens (tertiary/aromatic N) is 1. The maximum absolute atomic E-state index is 2.59. The molecule has 0 unspecified atom stereocenters. The van der Waals surface area contributed by atoms with E-state index < -0.39 is 0 Å². The fraction of sp³-hybridized carbons (Fsp3) is 0.333. The van der Waals surface area contributed by atoms with Gasteiger partial charge in [0.25, 0.3) is 0 Å². The molecule has 0 atom stereocenters. The van der Waals surface area contributed by atoms with E-state index in [1.807, 2.05) is 0 Å². The van der Waals surface area contributed by atoms with Gasteiger partial charge in [-0.2, -0.15) is 0 Å². The van der Waals surface area contributed by atoms with E-state index in [-0.39, 0.29) is 12.4 Å². The average Bonchev–Trinajstić information content (AvgIpc) is 2.87. The number of aryl methyl sites for hydroxylation is 4. The number of hydrogen-bond donors (Lipinski definition) is 0. The van der Waals surface area contributed by atoms with Gasteiger partial charge in [0.15, 0.2) is 0 Å². The predicted molar refractivity (Wildman–Crippen MR) is 101 cm³/mol. The van der Waals surface area contributed by atoms with Gasteiger partial charge in [0, 0.05) is 23.1 Å². The molecule has 2 heteroatoms. The minimum absolute atomic E-state index is 0. The Bertz CT molecular complexity index is 802. The molecule has 1 aliphatic rings. The summed E-state index contributed by atoms with van der Waals surface area (Å²) in [4.78, 5) is 0. The van der Waals surface area contributed by atoms with Crippen LogP contribution in [0.2, 0.25) is 0 Å². The van der Waals surface area contributed by atoms with E-state index in [9.17, 15) is 0 Å². The van der Waals surface area contributed by atoms with Gasteiger partial charge in [-0.05, 0) is 62.3 Å². The number of fused-ring (bicyclic) bond motifs is 3. The lowest BCUT2D eigenvalue weighted by Crippen LogP contribution is -2.09. The Morgan fingerprint density at radius 1 is 0.957 bits per heavy atom. The zero-order chi connectivity index (χ0) is 14.9. The lowest BCUT2D eigenvalue weighted by molar-refractivity contribution is 0.612. The van der Waals surface area contributed by atoms with Gasteiger partial charge in [0.2, 0.25) is 0 Å². The Morgan fingerprint density at radius 2 is 1.74 bits per heavy atom. The maximum atomic E-state index is 2.59. The van der Waals surface area contributed by atoms with E-state index in [1.165, 1.54) is 47.7 Å². The first kappa shape index (κ1) is 16.1. The van der Waals surface area contributed by atoms with Gasteiger partial charge in [0.1, 0.15) is 0 Å². The van der Waals surface area contributed by atoms with Crippen molar-refractivity contribution in [1.82, 2.24) is 4.57 Å². The van der Waals surface area contributed by atoms with Gasteiger partial charge >= 0.3 is 0 Å². The normalized spacial score (nSPS) is 13.6. The topological polar surface area (TPSA) is 4.93 Å². The molecular weight excluding hydrogens is 302 g/mol. The van der Waals surface area contributed by atoms with E-state index in [0.717, 1.165) is 13.0 Å². The summed E-state index contributed by atoms with van der Waals surface area (Å²) in [5, 5.41) is 1.50. The highest BCUT2D eigenvalue weighted by Gasteiger charge is 2.19. The molecule has 3 aromatic rings. The predicted octanol–water partition coefficient (Wildman–Crippen LogP) is 5.49. The summed E-state index contributed by atoms with van der Waals surface area (Å²) < 4.78 is 2.59. The molecular formula is C21H24ClN. The van der Waals surface area contributed by atoms with Crippen LogP contribution in [0.25, 0.3) is 10.9 Å². The second kappa shape index (κ2) is 6.80. The monoisotopic (exact) mass is 325 g/mol. The molecule has 1 nitrogen and oxygen atoms in total. The van der Waals surface area contributed by atoms with Crippen molar-refractivity contribution in [3.8, 4) is 0 Å². The lowest BCUT2D eigenvalue weighted by atomic mass is 9.95. The van der Waals surface area contributed by atoms with Crippen molar-refractivity contribution >= 4 is 23.3 Å². The highest BCUT2D eigenvalue weighted by Crippen LogP contribution is 2.33. The van der Waals surface area contributed by atoms with Crippen LogP contribution < -0.4 is 0 Å². The molecule has 0 spiro atoms. The van der Waals surface area contributed by atoms with Gasteiger partial charge in [-0.3, -0.25) is 0 Å². The van der Waals surface area contributed by atoms with E-state index in [2.05, 4.69) is 60.0 Å². The van der Waals surface area contributed by atoms with Gasteiger partial charge in [0.05, 0.1) is 0 Å². The summed E-state index contributed by atoms with van der Waals surface area (Å²) in [5.41, 5.74) is 7.47. The average molecular weight is 326 g/mol. The van der Waals surface area contributed by atoms with Crippen LogP contribution in [0.5, 0.6) is 0 Å². The Kier molecular flexibility index (Phi) is 4.77. The van der Waals surface area contributed by atoms with Crippen LogP contribution >= 0.6 is 12.4 Å². The zero-order valence-corrected chi connectivity index (χ0v) is 14.5. The first-order valence-corrected chi connectivity index (χ1v) is 8.47. The van der Waals surface area contributed by atoms with Crippen LogP contribution in [0, 0.1) is 6.92 Å². The smallest absolute Gasteiger partial charge is 0.0485 e. The molecule has 0 N–H and O–H groups in total. The number of halogens is 1. The number of aromatic nitrogens is 1. The number of hydrogen-bond acceptors (Lipinski definition) is 0. The molecule has 0 saturated heterocycles. The molecule has 1 aliphatic carbocycles. The summed E-state index contributed by atoms with van der Waals surface area (Å²) in [6, 6.07) is 17.8. The minimum atomic E-state index is 0. The number of rotatable bonds is 3. The quantitative estimate of drug-likeness (QED) is 0.599. The maximum Gasteiger partial charge on any atom is 0.0485 e. The second-order valence-electron chi connectivity index (χ2n) is 6.54. The Labute approximate surface area is 144 Å². The van der Waals surface area contributed by atoms with Crippen molar-refractivity contribution in [2.75, 3.05) is 0 Å². The molecule has 4 rings (SSSR count). The summed E-state index contributed by atoms with van der Waals surface area (Å²) in [7, 11) is 0. The highest BCUT2D eigenvalue weighted by atomic mass is 35.5. The van der Waals surface area contributed by atoms with Crippen LogP contribution in [0.4, 0.5) is 0 Å². The largest absolute Gasteiger partial charge is 0.344 e. The summed E-state index contributed by atoms with van der Waals surface area (Å²) in [6.45, 7) is 3.30. The Hall–Kier alpha value is -1.73. The SMILES string of the molecule is Cc1ccc2c(c1)c1c(n2CCc2ccccc2)CCCC1.Cl. The van der Waals surface area contributed by atoms with Gasteiger partial charge in [-0.15, -0.1) is 12.4 Å². The molecule has 0 aliphatic heterocycles. The molecule has 2 aromatic carbocycles. The van der Waals surface area contributed by atoms with E-state index in [1.54, 1.807) is 11.3 Å². The van der Waals surface area contributed by atoms with Crippen molar-refractivity contribution in [2.24, 2.45) is 0 Å². The summed E-state index contributed by atoms with van der Waals surface area (Å²) >= 11 is 0. The van der Waals surface area contributed by atoms with Crippen molar-refractivity contribution in [2.45, 2.75) is 45.6 Å². The third kappa shape index (κ3) is 3.03. The van der Waals surface area contributed by atoms with E-state index in [0.29, 0.717) is 0 Å². The molecule has 120 valence electrons. The van der Waals surface area contributed by atoms with Crippen molar-refractivity contribution in [3.05, 3.63) is 70.9 Å². The van der Waals surface area contributed by atoms with Gasteiger partial charge < -0.3 is 4.57 Å². The van der Waals surface area contributed by atoms with Crippen LogP contribution in [0.3, 0.4) is 0 Å². The van der Waals surface area contributed by atoms with E-state index in [4.69, 9.17) is 0 Å². The molecule has 23 heavy (non-hydrogen) atoms. The standard InChI is InChI=1S/C21H23N.ClH/c1-16-11-12-21-19(15-16)18-9-5-6-10-20(18)22(21)14-13-17-7-3-2-4-8-17;/h2-4,7-8,11-12,15H,5-6,9-10,13-14H2,1H3;1H. The second-order valence-corrected chi connectivity index (χ2v) is 6.54. The fourth-order valence-corrected chi connectivity index (χ4v) is 3.89. The minimum Gasteiger partial charge on any atom is -0.344 e. The molecule has 0 fully saturated rings. The van der Waals surface area contributed by atoms with Crippen molar-refractivity contribution in [1.29, 1.82) is 0 Å².